The number of hydrogen-bond acceptors (Lipinski definition) is 2. The predicted octanol–water partition coefficient (Wildman–Crippen LogP) is 3.41. The fourth-order valence-electron chi connectivity index (χ4n) is 2.48. The van der Waals surface area contributed by atoms with E-state index >= 15 is 0 Å². The second-order valence-corrected chi connectivity index (χ2v) is 5.20. The van der Waals surface area contributed by atoms with Gasteiger partial charge in [0.05, 0.1) is 0 Å². The number of nitrogens with zero attached hydrogens (tertiary/aromatic N) is 1. The number of hydrogen-bond donors (Lipinski definition) is 1. The van der Waals surface area contributed by atoms with Crippen molar-refractivity contribution in [2.45, 2.75) is 25.8 Å². The molecule has 1 N–H and O–H groups in total. The van der Waals surface area contributed by atoms with Gasteiger partial charge in [-0.25, -0.2) is 0 Å². The first kappa shape index (κ1) is 13.4. The Hall–Kier alpha value is -2.29. The molecule has 1 aliphatic carbocycles. The van der Waals surface area contributed by atoms with Gasteiger partial charge >= 0.3 is 0 Å². The van der Waals surface area contributed by atoms with E-state index in [0.29, 0.717) is 43.7 Å². The van der Waals surface area contributed by atoms with Crippen molar-refractivity contribution in [3.63, 3.8) is 0 Å². The van der Waals surface area contributed by atoms with Gasteiger partial charge in [-0.3, -0.25) is 4.79 Å². The molecule has 1 amide bonds. The Bertz CT molecular complexity index is 618. The molecule has 0 spiro atoms. The zero-order chi connectivity index (χ0) is 17.5. The number of carbonyl (C=O) groups is 1. The van der Waals surface area contributed by atoms with Crippen molar-refractivity contribution in [1.82, 2.24) is 10.2 Å². The molecule has 1 aromatic carbocycles. The molecule has 1 aromatic rings. The minimum atomic E-state index is -0.528. The Kier molecular flexibility index (Phi) is 5.00. The second kappa shape index (κ2) is 8.23. The van der Waals surface area contributed by atoms with Gasteiger partial charge in [0.15, 0.2) is 1.41 Å². The summed E-state index contributed by atoms with van der Waals surface area (Å²) in [7, 11) is 0. The number of benzene rings is 1. The topological polar surface area (TPSA) is 32.3 Å². The summed E-state index contributed by atoms with van der Waals surface area (Å²) in [5.41, 5.74) is 2.08. The molecule has 3 heteroatoms. The molecule has 0 fully saturated rings. The number of nitrogens with one attached hydrogen (secondary N) is 1. The molecule has 2 rings (SSSR count). The van der Waals surface area contributed by atoms with E-state index in [2.05, 4.69) is 13.2 Å². The van der Waals surface area contributed by atoms with Gasteiger partial charge in [0.2, 0.25) is 0 Å². The maximum absolute atomic E-state index is 12.8. The quantitative estimate of drug-likeness (QED) is 0.746. The number of carbonyl (C=O) groups excluding carboxylic acids is 1. The molecule has 0 heterocycles. The van der Waals surface area contributed by atoms with Crippen molar-refractivity contribution in [2.24, 2.45) is 0 Å². The molecular formula is C19H24N2O. The van der Waals surface area contributed by atoms with Crippen LogP contribution in [0.2, 0.25) is 1.41 Å². The Morgan fingerprint density at radius 1 is 1.32 bits per heavy atom. The van der Waals surface area contributed by atoms with Crippen LogP contribution in [0.3, 0.4) is 0 Å². The van der Waals surface area contributed by atoms with Gasteiger partial charge in [0, 0.05) is 32.3 Å². The highest BCUT2D eigenvalue weighted by Crippen LogP contribution is 2.26. The zero-order valence-corrected chi connectivity index (χ0v) is 12.9. The fraction of sp³-hybridized carbons (Fsp3) is 0.316. The normalized spacial score (nSPS) is 18.5. The van der Waals surface area contributed by atoms with E-state index in [1.54, 1.807) is 17.1 Å². The highest BCUT2D eigenvalue weighted by atomic mass is 16.2. The molecular weight excluding hydrogens is 272 g/mol. The zero-order valence-electron chi connectivity index (χ0n) is 14.9. The van der Waals surface area contributed by atoms with Gasteiger partial charge < -0.3 is 10.2 Å². The average molecular weight is 298 g/mol. The molecule has 1 aliphatic rings. The first-order chi connectivity index (χ1) is 11.6. The molecule has 1 unspecified atom stereocenters. The van der Waals surface area contributed by atoms with E-state index in [-0.39, 0.29) is 5.91 Å². The largest absolute Gasteiger partial charge is 0.384 e. The highest BCUT2D eigenvalue weighted by molar-refractivity contribution is 5.94. The summed E-state index contributed by atoms with van der Waals surface area (Å²) in [6.45, 7) is 8.61. The van der Waals surface area contributed by atoms with Crippen molar-refractivity contribution in [1.29, 1.82) is 0 Å². The molecule has 0 aromatic heterocycles. The van der Waals surface area contributed by atoms with Crippen LogP contribution in [-0.2, 0) is 11.3 Å². The third kappa shape index (κ3) is 4.10. The Labute approximate surface area is 135 Å². The monoisotopic (exact) mass is 298 g/mol. The van der Waals surface area contributed by atoms with E-state index in [0.717, 1.165) is 5.56 Å². The van der Waals surface area contributed by atoms with E-state index in [9.17, 15) is 4.79 Å². The van der Waals surface area contributed by atoms with Crippen molar-refractivity contribution in [3.05, 3.63) is 72.5 Å². The lowest BCUT2D eigenvalue weighted by Gasteiger charge is -2.21. The minimum Gasteiger partial charge on any atom is -0.384 e. The van der Waals surface area contributed by atoms with Crippen molar-refractivity contribution in [2.75, 3.05) is 13.1 Å². The maximum atomic E-state index is 12.8. The number of amides is 1. The van der Waals surface area contributed by atoms with Crippen LogP contribution in [-0.4, -0.2) is 23.9 Å². The molecule has 116 valence electrons. The van der Waals surface area contributed by atoms with Crippen molar-refractivity contribution < 1.29 is 7.58 Å². The van der Waals surface area contributed by atoms with Crippen molar-refractivity contribution >= 4 is 5.91 Å². The van der Waals surface area contributed by atoms with Crippen LogP contribution >= 0.6 is 0 Å². The summed E-state index contributed by atoms with van der Waals surface area (Å²) < 4.78 is 16.6. The standard InChI is InChI=1S/C19H24N2O/c1-3-13-21(14-4-2)19(22)17-11-8-12-18(17)20-15-16-9-6-5-7-10-16/h3-7,9-10,20H,1-2,8,11-15H2/i12D/hD. The minimum absolute atomic E-state index is 0.120. The molecule has 22 heavy (non-hydrogen) atoms. The molecule has 0 bridgehead atoms. The van der Waals surface area contributed by atoms with Gasteiger partial charge in [-0.15, -0.1) is 13.2 Å². The van der Waals surface area contributed by atoms with E-state index < -0.39 is 6.40 Å². The summed E-state index contributed by atoms with van der Waals surface area (Å²) in [4.78, 5) is 14.5. The summed E-state index contributed by atoms with van der Waals surface area (Å²) in [5, 5.41) is 1.30. The van der Waals surface area contributed by atoms with E-state index in [4.69, 9.17) is 2.78 Å². The molecule has 3 nitrogen and oxygen atoms in total. The van der Waals surface area contributed by atoms with Crippen LogP contribution in [0.5, 0.6) is 0 Å². The predicted molar refractivity (Wildman–Crippen MR) is 91.1 cm³/mol. The average Bonchev–Trinajstić information content (AvgIpc) is 2.96. The maximum Gasteiger partial charge on any atom is 0.252 e. The second-order valence-electron chi connectivity index (χ2n) is 5.20. The number of rotatable bonds is 8. The first-order valence-electron chi connectivity index (χ1n) is 8.57. The third-order valence-electron chi connectivity index (χ3n) is 3.56. The van der Waals surface area contributed by atoms with E-state index in [1.165, 1.54) is 5.31 Å². The van der Waals surface area contributed by atoms with Crippen LogP contribution < -0.4 is 5.31 Å². The molecule has 0 saturated carbocycles. The number of allylic oxidation sites excluding steroid dienone is 1. The van der Waals surface area contributed by atoms with Gasteiger partial charge in [0.25, 0.3) is 5.91 Å². The summed E-state index contributed by atoms with van der Waals surface area (Å²) in [6.07, 6.45) is 3.95. The van der Waals surface area contributed by atoms with Crippen LogP contribution in [0.1, 0.15) is 26.2 Å². The highest BCUT2D eigenvalue weighted by Gasteiger charge is 2.24. The lowest BCUT2D eigenvalue weighted by Crippen LogP contribution is -2.33. The Morgan fingerprint density at radius 2 is 2.00 bits per heavy atom. The lowest BCUT2D eigenvalue weighted by atomic mass is 10.1. The van der Waals surface area contributed by atoms with Gasteiger partial charge in [-0.1, -0.05) is 42.5 Å². The Morgan fingerprint density at radius 3 is 2.64 bits per heavy atom. The Balaban J connectivity index is 2.25. The molecule has 0 radical (unpaired) electrons. The fourth-order valence-corrected chi connectivity index (χ4v) is 2.48. The van der Waals surface area contributed by atoms with Crippen LogP contribution in [0, 0.1) is 0 Å². The van der Waals surface area contributed by atoms with Crippen LogP contribution in [0.4, 0.5) is 0 Å². The molecule has 0 saturated heterocycles. The third-order valence-corrected chi connectivity index (χ3v) is 3.56. The summed E-state index contributed by atoms with van der Waals surface area (Å²) in [5.74, 6) is -0.120. The lowest BCUT2D eigenvalue weighted by molar-refractivity contribution is -0.126. The molecule has 1 atom stereocenters. The SMILES string of the molecule is [2H]C1CCC(C(=O)N(CC=C)CC=C)=C1N([2H])Cc1ccccc1. The van der Waals surface area contributed by atoms with Gasteiger partial charge in [0.1, 0.15) is 0 Å². The van der Waals surface area contributed by atoms with Crippen LogP contribution in [0.25, 0.3) is 0 Å². The van der Waals surface area contributed by atoms with E-state index in [1.807, 2.05) is 30.3 Å². The first-order valence-corrected chi connectivity index (χ1v) is 7.55. The van der Waals surface area contributed by atoms with Crippen LogP contribution in [0.15, 0.2) is 66.9 Å². The van der Waals surface area contributed by atoms with Crippen molar-refractivity contribution in [3.8, 4) is 0 Å². The summed E-state index contributed by atoms with van der Waals surface area (Å²) >= 11 is 0. The molecule has 0 aliphatic heterocycles. The van der Waals surface area contributed by atoms with Gasteiger partial charge in [-0.05, 0) is 24.8 Å². The smallest absolute Gasteiger partial charge is 0.252 e. The van der Waals surface area contributed by atoms with Gasteiger partial charge in [-0.2, -0.15) is 0 Å². The summed E-state index contributed by atoms with van der Waals surface area (Å²) in [6, 6.07) is 9.66.